The van der Waals surface area contributed by atoms with Gasteiger partial charge in [-0.2, -0.15) is 0 Å². The van der Waals surface area contributed by atoms with Crippen molar-refractivity contribution in [3.63, 3.8) is 0 Å². The molecule has 2 fully saturated rings. The van der Waals surface area contributed by atoms with Gasteiger partial charge >= 0.3 is 0 Å². The first-order chi connectivity index (χ1) is 7.86. The maximum Gasteiger partial charge on any atom is 0.0523 e. The van der Waals surface area contributed by atoms with Crippen LogP contribution in [-0.2, 0) is 4.74 Å². The van der Waals surface area contributed by atoms with E-state index in [0.717, 1.165) is 30.5 Å². The van der Waals surface area contributed by atoms with E-state index < -0.39 is 0 Å². The molecule has 1 atom stereocenters. The summed E-state index contributed by atoms with van der Waals surface area (Å²) in [5.41, 5.74) is 1.26. The summed E-state index contributed by atoms with van der Waals surface area (Å²) >= 11 is 0. The standard InChI is InChI=1S/C8H16O.C8H16/c1-7(2)8(3)4-5-9-6-8;1-4-8(5-6-8)7(2)3/h7H,4-6H2,1-3H3;7H,4-6H2,1-3H3. The van der Waals surface area contributed by atoms with Gasteiger partial charge in [-0.05, 0) is 41.9 Å². The molecule has 0 amide bonds. The van der Waals surface area contributed by atoms with Crippen LogP contribution in [0.2, 0.25) is 0 Å². The SMILES string of the molecule is CC(C)C1(C)CCOC1.CCC1(C(C)C)CC1. The van der Waals surface area contributed by atoms with Gasteiger partial charge in [0.1, 0.15) is 0 Å². The van der Waals surface area contributed by atoms with E-state index >= 15 is 0 Å². The van der Waals surface area contributed by atoms with Crippen LogP contribution in [0.5, 0.6) is 0 Å². The lowest BCUT2D eigenvalue weighted by Gasteiger charge is -2.25. The quantitative estimate of drug-likeness (QED) is 0.681. The Labute approximate surface area is 108 Å². The van der Waals surface area contributed by atoms with Crippen molar-refractivity contribution in [3.8, 4) is 0 Å². The van der Waals surface area contributed by atoms with Gasteiger partial charge < -0.3 is 4.74 Å². The lowest BCUT2D eigenvalue weighted by molar-refractivity contribution is 0.133. The summed E-state index contributed by atoms with van der Waals surface area (Å²) in [6, 6.07) is 0. The molecule has 0 aromatic rings. The Hall–Kier alpha value is -0.0400. The minimum atomic E-state index is 0.472. The van der Waals surface area contributed by atoms with Crippen molar-refractivity contribution in [1.29, 1.82) is 0 Å². The Bertz CT molecular complexity index is 220. The monoisotopic (exact) mass is 240 g/mol. The molecular formula is C16H32O. The van der Waals surface area contributed by atoms with Crippen LogP contribution in [0.4, 0.5) is 0 Å². The zero-order valence-corrected chi connectivity index (χ0v) is 12.8. The second-order valence-electron chi connectivity index (χ2n) is 6.98. The van der Waals surface area contributed by atoms with E-state index in [4.69, 9.17) is 4.74 Å². The smallest absolute Gasteiger partial charge is 0.0523 e. The number of hydrogen-bond donors (Lipinski definition) is 0. The first kappa shape index (κ1) is 15.0. The molecule has 1 saturated heterocycles. The highest BCUT2D eigenvalue weighted by molar-refractivity contribution is 4.93. The summed E-state index contributed by atoms with van der Waals surface area (Å²) in [4.78, 5) is 0. The van der Waals surface area contributed by atoms with Crippen molar-refractivity contribution in [2.45, 2.75) is 67.2 Å². The summed E-state index contributed by atoms with van der Waals surface area (Å²) in [5.74, 6) is 1.69. The van der Waals surface area contributed by atoms with E-state index in [2.05, 4.69) is 41.5 Å². The van der Waals surface area contributed by atoms with Gasteiger partial charge in [0, 0.05) is 6.61 Å². The molecule has 1 saturated carbocycles. The third-order valence-electron chi connectivity index (χ3n) is 5.46. The van der Waals surface area contributed by atoms with Gasteiger partial charge in [-0.3, -0.25) is 0 Å². The van der Waals surface area contributed by atoms with Crippen molar-refractivity contribution in [2.75, 3.05) is 13.2 Å². The lowest BCUT2D eigenvalue weighted by Crippen LogP contribution is -2.22. The summed E-state index contributed by atoms with van der Waals surface area (Å²) in [7, 11) is 0. The molecule has 0 aromatic carbocycles. The second-order valence-corrected chi connectivity index (χ2v) is 6.98. The third kappa shape index (κ3) is 3.71. The predicted molar refractivity (Wildman–Crippen MR) is 75.2 cm³/mol. The van der Waals surface area contributed by atoms with Crippen LogP contribution in [0.15, 0.2) is 0 Å². The minimum Gasteiger partial charge on any atom is -0.381 e. The Kier molecular flexibility index (Phi) is 5.07. The highest BCUT2D eigenvalue weighted by atomic mass is 16.5. The van der Waals surface area contributed by atoms with E-state index in [1.165, 1.54) is 25.7 Å². The fourth-order valence-corrected chi connectivity index (χ4v) is 2.64. The third-order valence-corrected chi connectivity index (χ3v) is 5.46. The summed E-state index contributed by atoms with van der Waals surface area (Å²) in [6.07, 6.45) is 5.61. The molecule has 1 heteroatoms. The highest BCUT2D eigenvalue weighted by Crippen LogP contribution is 2.54. The van der Waals surface area contributed by atoms with Gasteiger partial charge in [-0.15, -0.1) is 0 Å². The van der Waals surface area contributed by atoms with Gasteiger partial charge in [-0.1, -0.05) is 48.0 Å². The van der Waals surface area contributed by atoms with Gasteiger partial charge in [0.25, 0.3) is 0 Å². The lowest BCUT2D eigenvalue weighted by atomic mass is 9.79. The van der Waals surface area contributed by atoms with Gasteiger partial charge in [0.2, 0.25) is 0 Å². The Morgan fingerprint density at radius 3 is 1.71 bits per heavy atom. The van der Waals surface area contributed by atoms with Gasteiger partial charge in [-0.25, -0.2) is 0 Å². The van der Waals surface area contributed by atoms with Crippen molar-refractivity contribution >= 4 is 0 Å². The highest BCUT2D eigenvalue weighted by Gasteiger charge is 2.42. The van der Waals surface area contributed by atoms with Crippen molar-refractivity contribution in [3.05, 3.63) is 0 Å². The molecule has 0 N–H and O–H groups in total. The molecule has 1 heterocycles. The molecule has 2 aliphatic rings. The zero-order chi connectivity index (χ0) is 13.1. The van der Waals surface area contributed by atoms with Crippen LogP contribution in [0.25, 0.3) is 0 Å². The molecule has 0 aromatic heterocycles. The maximum atomic E-state index is 5.32. The molecule has 102 valence electrons. The van der Waals surface area contributed by atoms with E-state index in [-0.39, 0.29) is 0 Å². The molecule has 0 bridgehead atoms. The molecule has 1 nitrogen and oxygen atoms in total. The van der Waals surface area contributed by atoms with Crippen molar-refractivity contribution in [1.82, 2.24) is 0 Å². The van der Waals surface area contributed by atoms with Gasteiger partial charge in [0.15, 0.2) is 0 Å². The van der Waals surface area contributed by atoms with Crippen molar-refractivity contribution in [2.24, 2.45) is 22.7 Å². The van der Waals surface area contributed by atoms with E-state index in [9.17, 15) is 0 Å². The Morgan fingerprint density at radius 1 is 1.00 bits per heavy atom. The number of rotatable bonds is 3. The summed E-state index contributed by atoms with van der Waals surface area (Å²) in [5, 5.41) is 0. The summed E-state index contributed by atoms with van der Waals surface area (Å²) < 4.78 is 5.32. The first-order valence-corrected chi connectivity index (χ1v) is 7.44. The molecule has 2 rings (SSSR count). The average Bonchev–Trinajstić information content (AvgIpc) is 2.96. The number of hydrogen-bond acceptors (Lipinski definition) is 1. The molecule has 1 aliphatic carbocycles. The summed E-state index contributed by atoms with van der Waals surface area (Å²) in [6.45, 7) is 15.8. The fourth-order valence-electron chi connectivity index (χ4n) is 2.64. The van der Waals surface area contributed by atoms with Crippen LogP contribution < -0.4 is 0 Å². The maximum absolute atomic E-state index is 5.32. The van der Waals surface area contributed by atoms with E-state index in [1.807, 2.05) is 0 Å². The fraction of sp³-hybridized carbons (Fsp3) is 1.00. The van der Waals surface area contributed by atoms with Crippen molar-refractivity contribution < 1.29 is 4.74 Å². The average molecular weight is 240 g/mol. The van der Waals surface area contributed by atoms with Gasteiger partial charge in [0.05, 0.1) is 6.61 Å². The van der Waals surface area contributed by atoms with Crippen LogP contribution in [0.3, 0.4) is 0 Å². The molecule has 1 aliphatic heterocycles. The first-order valence-electron chi connectivity index (χ1n) is 7.44. The van der Waals surface area contributed by atoms with Crippen LogP contribution >= 0.6 is 0 Å². The largest absolute Gasteiger partial charge is 0.381 e. The topological polar surface area (TPSA) is 9.23 Å². The molecule has 0 spiro atoms. The molecular weight excluding hydrogens is 208 g/mol. The molecule has 17 heavy (non-hydrogen) atoms. The predicted octanol–water partition coefficient (Wildman–Crippen LogP) is 4.90. The molecule has 1 unspecified atom stereocenters. The second kappa shape index (κ2) is 5.73. The molecule has 0 radical (unpaired) electrons. The Balaban J connectivity index is 0.000000171. The van der Waals surface area contributed by atoms with Crippen LogP contribution in [0.1, 0.15) is 67.2 Å². The van der Waals surface area contributed by atoms with Crippen LogP contribution in [0, 0.1) is 22.7 Å². The minimum absolute atomic E-state index is 0.472. The van der Waals surface area contributed by atoms with E-state index in [0.29, 0.717) is 5.41 Å². The number of ether oxygens (including phenoxy) is 1. The van der Waals surface area contributed by atoms with Crippen LogP contribution in [-0.4, -0.2) is 13.2 Å². The normalized spacial score (nSPS) is 30.4. The van der Waals surface area contributed by atoms with E-state index in [1.54, 1.807) is 0 Å². The zero-order valence-electron chi connectivity index (χ0n) is 12.8. The Morgan fingerprint density at radius 2 is 1.59 bits per heavy atom.